The summed E-state index contributed by atoms with van der Waals surface area (Å²) in [7, 11) is 0. The van der Waals surface area contributed by atoms with E-state index in [1.807, 2.05) is 6.92 Å². The molecule has 0 aromatic carbocycles. The highest BCUT2D eigenvalue weighted by atomic mass is 32.1. The van der Waals surface area contributed by atoms with Crippen LogP contribution < -0.4 is 4.90 Å². The maximum atomic E-state index is 12.6. The van der Waals surface area contributed by atoms with Crippen molar-refractivity contribution in [1.29, 1.82) is 0 Å². The fourth-order valence-electron chi connectivity index (χ4n) is 2.18. The van der Waals surface area contributed by atoms with Gasteiger partial charge in [-0.25, -0.2) is 4.79 Å². The Morgan fingerprint density at radius 1 is 1.26 bits per heavy atom. The van der Waals surface area contributed by atoms with E-state index in [2.05, 4.69) is 10.2 Å². The van der Waals surface area contributed by atoms with Gasteiger partial charge in [-0.15, -0.1) is 10.2 Å². The molecule has 1 fully saturated rings. The highest BCUT2D eigenvalue weighted by Crippen LogP contribution is 2.34. The Morgan fingerprint density at radius 2 is 1.91 bits per heavy atom. The number of hydrogen-bond acceptors (Lipinski definition) is 6. The number of aromatic nitrogens is 2. The standard InChI is InChI=1S/C13H19F3N4O2S/c1-8-7-19(10-18-17-9(23-10)13(14,15)16)5-6-20(8)11(21)22-12(2,3)4/h8H,5-7H2,1-4H3/t8-/m1/s1. The molecule has 0 saturated carbocycles. The van der Waals surface area contributed by atoms with Crippen molar-refractivity contribution in [2.45, 2.75) is 45.5 Å². The van der Waals surface area contributed by atoms with Crippen molar-refractivity contribution in [2.24, 2.45) is 0 Å². The van der Waals surface area contributed by atoms with Gasteiger partial charge in [-0.2, -0.15) is 13.2 Å². The predicted octanol–water partition coefficient (Wildman–Crippen LogP) is 3.00. The summed E-state index contributed by atoms with van der Waals surface area (Å²) in [4.78, 5) is 15.4. The molecule has 0 radical (unpaired) electrons. The molecule has 0 N–H and O–H groups in total. The molecule has 23 heavy (non-hydrogen) atoms. The summed E-state index contributed by atoms with van der Waals surface area (Å²) in [6.45, 7) is 8.30. The fraction of sp³-hybridized carbons (Fsp3) is 0.769. The first-order chi connectivity index (χ1) is 10.5. The van der Waals surface area contributed by atoms with Crippen LogP contribution in [0.4, 0.5) is 23.1 Å². The highest BCUT2D eigenvalue weighted by molar-refractivity contribution is 7.15. The molecule has 1 amide bonds. The minimum atomic E-state index is -4.49. The van der Waals surface area contributed by atoms with E-state index in [-0.39, 0.29) is 11.2 Å². The van der Waals surface area contributed by atoms with Crippen LogP contribution in [0.25, 0.3) is 0 Å². The van der Waals surface area contributed by atoms with Crippen LogP contribution in [0.1, 0.15) is 32.7 Å². The molecule has 1 saturated heterocycles. The van der Waals surface area contributed by atoms with Crippen LogP contribution in [0.15, 0.2) is 0 Å². The Kier molecular flexibility index (Phi) is 4.74. The molecule has 1 atom stereocenters. The fourth-order valence-corrected chi connectivity index (χ4v) is 2.93. The molecule has 0 aliphatic carbocycles. The van der Waals surface area contributed by atoms with Gasteiger partial charge in [0.1, 0.15) is 5.60 Å². The number of carbonyl (C=O) groups excluding carboxylic acids is 1. The van der Waals surface area contributed by atoms with Gasteiger partial charge in [-0.1, -0.05) is 11.3 Å². The van der Waals surface area contributed by atoms with E-state index in [4.69, 9.17) is 4.74 Å². The van der Waals surface area contributed by atoms with Crippen LogP contribution >= 0.6 is 11.3 Å². The molecule has 10 heteroatoms. The summed E-state index contributed by atoms with van der Waals surface area (Å²) in [5.74, 6) is 0. The number of hydrogen-bond donors (Lipinski definition) is 0. The number of carbonyl (C=O) groups is 1. The first kappa shape index (κ1) is 17.8. The molecule has 0 bridgehead atoms. The van der Waals surface area contributed by atoms with E-state index in [9.17, 15) is 18.0 Å². The van der Waals surface area contributed by atoms with Gasteiger partial charge < -0.3 is 14.5 Å². The third-order valence-corrected chi connectivity index (χ3v) is 4.21. The smallest absolute Gasteiger partial charge is 0.444 e. The first-order valence-electron chi connectivity index (χ1n) is 7.12. The van der Waals surface area contributed by atoms with Crippen LogP contribution in [0.3, 0.4) is 0 Å². The molecule has 2 rings (SSSR count). The lowest BCUT2D eigenvalue weighted by molar-refractivity contribution is -0.138. The van der Waals surface area contributed by atoms with Crippen molar-refractivity contribution in [3.8, 4) is 0 Å². The largest absolute Gasteiger partial charge is 0.445 e. The number of piperazine rings is 1. The summed E-state index contributed by atoms with van der Waals surface area (Å²) in [5, 5.41) is 6.05. The van der Waals surface area contributed by atoms with Gasteiger partial charge in [0, 0.05) is 25.7 Å². The molecule has 6 nitrogen and oxygen atoms in total. The summed E-state index contributed by atoms with van der Waals surface area (Å²) in [6.07, 6.45) is -4.90. The average Bonchev–Trinajstić information content (AvgIpc) is 2.85. The van der Waals surface area contributed by atoms with Crippen LogP contribution in [0.2, 0.25) is 0 Å². The van der Waals surface area contributed by atoms with Crippen molar-refractivity contribution >= 4 is 22.6 Å². The molecular weight excluding hydrogens is 333 g/mol. The summed E-state index contributed by atoms with van der Waals surface area (Å²) < 4.78 is 43.1. The molecule has 1 aliphatic heterocycles. The van der Waals surface area contributed by atoms with Crippen LogP contribution in [-0.4, -0.2) is 52.5 Å². The van der Waals surface area contributed by atoms with Gasteiger partial charge in [0.25, 0.3) is 0 Å². The highest BCUT2D eigenvalue weighted by Gasteiger charge is 2.37. The Balaban J connectivity index is 2.01. The minimum absolute atomic E-state index is 0.197. The number of alkyl halides is 3. The van der Waals surface area contributed by atoms with Gasteiger partial charge in [-0.05, 0) is 27.7 Å². The van der Waals surface area contributed by atoms with Crippen LogP contribution in [0, 0.1) is 0 Å². The zero-order valence-corrected chi connectivity index (χ0v) is 14.2. The van der Waals surface area contributed by atoms with Crippen molar-refractivity contribution in [2.75, 3.05) is 24.5 Å². The van der Waals surface area contributed by atoms with E-state index in [1.165, 1.54) is 0 Å². The second-order valence-corrected chi connectivity index (χ2v) is 7.31. The normalized spacial score (nSPS) is 19.9. The summed E-state index contributed by atoms with van der Waals surface area (Å²) in [5.41, 5.74) is -0.589. The predicted molar refractivity (Wildman–Crippen MR) is 79.5 cm³/mol. The summed E-state index contributed by atoms with van der Waals surface area (Å²) >= 11 is 0.512. The van der Waals surface area contributed by atoms with Gasteiger partial charge in [0.05, 0.1) is 0 Å². The molecular formula is C13H19F3N4O2S. The van der Waals surface area contributed by atoms with E-state index >= 15 is 0 Å². The number of rotatable bonds is 1. The van der Waals surface area contributed by atoms with Gasteiger partial charge in [0.15, 0.2) is 0 Å². The maximum Gasteiger partial charge on any atom is 0.445 e. The second kappa shape index (κ2) is 6.14. The SMILES string of the molecule is C[C@@H]1CN(c2nnc(C(F)(F)F)s2)CCN1C(=O)OC(C)(C)C. The van der Waals surface area contributed by atoms with E-state index in [0.29, 0.717) is 31.0 Å². The molecule has 1 aliphatic rings. The molecule has 130 valence electrons. The minimum Gasteiger partial charge on any atom is -0.444 e. The Hall–Kier alpha value is -1.58. The lowest BCUT2D eigenvalue weighted by atomic mass is 10.2. The van der Waals surface area contributed by atoms with Crippen LogP contribution in [0.5, 0.6) is 0 Å². The Morgan fingerprint density at radius 3 is 2.39 bits per heavy atom. The molecule has 1 aromatic heterocycles. The van der Waals surface area contributed by atoms with E-state index in [0.717, 1.165) is 0 Å². The van der Waals surface area contributed by atoms with Crippen molar-refractivity contribution < 1.29 is 22.7 Å². The lowest BCUT2D eigenvalue weighted by Gasteiger charge is -2.39. The average molecular weight is 352 g/mol. The quantitative estimate of drug-likeness (QED) is 0.778. The third-order valence-electron chi connectivity index (χ3n) is 3.18. The van der Waals surface area contributed by atoms with Crippen molar-refractivity contribution in [3.05, 3.63) is 5.01 Å². The zero-order valence-electron chi connectivity index (χ0n) is 13.3. The van der Waals surface area contributed by atoms with Crippen molar-refractivity contribution in [3.63, 3.8) is 0 Å². The van der Waals surface area contributed by atoms with E-state index in [1.54, 1.807) is 30.6 Å². The summed E-state index contributed by atoms with van der Waals surface area (Å²) in [6, 6.07) is -0.197. The number of anilines is 1. The monoisotopic (exact) mass is 352 g/mol. The van der Waals surface area contributed by atoms with Gasteiger partial charge in [0.2, 0.25) is 10.1 Å². The first-order valence-corrected chi connectivity index (χ1v) is 7.94. The number of amides is 1. The maximum absolute atomic E-state index is 12.6. The Labute approximate surface area is 136 Å². The van der Waals surface area contributed by atoms with Crippen LogP contribution in [-0.2, 0) is 10.9 Å². The molecule has 0 unspecified atom stereocenters. The second-order valence-electron chi connectivity index (χ2n) is 6.36. The third kappa shape index (κ3) is 4.46. The number of ether oxygens (including phenoxy) is 1. The van der Waals surface area contributed by atoms with E-state index < -0.39 is 22.9 Å². The van der Waals surface area contributed by atoms with Gasteiger partial charge >= 0.3 is 12.3 Å². The topological polar surface area (TPSA) is 58.6 Å². The van der Waals surface area contributed by atoms with Gasteiger partial charge in [-0.3, -0.25) is 0 Å². The lowest BCUT2D eigenvalue weighted by Crippen LogP contribution is -2.55. The molecule has 2 heterocycles. The number of nitrogens with zero attached hydrogens (tertiary/aromatic N) is 4. The zero-order chi connectivity index (χ0) is 17.4. The van der Waals surface area contributed by atoms with Crippen molar-refractivity contribution in [1.82, 2.24) is 15.1 Å². The molecule has 0 spiro atoms. The molecule has 1 aromatic rings. The number of halogens is 3. The Bertz CT molecular complexity index is 570.